The van der Waals surface area contributed by atoms with Crippen molar-refractivity contribution in [3.05, 3.63) is 71.0 Å². The molecule has 0 aliphatic heterocycles. The summed E-state index contributed by atoms with van der Waals surface area (Å²) < 4.78 is 22.3. The Morgan fingerprint density at radius 3 is 2.37 bits per heavy atom. The summed E-state index contributed by atoms with van der Waals surface area (Å²) in [7, 11) is 1.61. The molecule has 1 rings (SSSR count). The largest absolute Gasteiger partial charge is 0.467 e. The van der Waals surface area contributed by atoms with E-state index in [9.17, 15) is 9.90 Å². The Balaban J connectivity index is 3.44. The van der Waals surface area contributed by atoms with Crippen molar-refractivity contribution in [2.45, 2.75) is 65.6 Å². The maximum Gasteiger partial charge on any atom is 0.308 e. The molecule has 0 fully saturated rings. The Labute approximate surface area is 210 Å². The van der Waals surface area contributed by atoms with Crippen molar-refractivity contribution in [2.24, 2.45) is 0 Å². The Hall–Kier alpha value is -2.45. The minimum atomic E-state index is -0.615. The lowest BCUT2D eigenvalue weighted by Gasteiger charge is -2.29. The quantitative estimate of drug-likeness (QED) is 0.120. The molecule has 0 aliphatic rings. The van der Waals surface area contributed by atoms with Crippen molar-refractivity contribution in [2.75, 3.05) is 33.7 Å². The molecule has 0 saturated carbocycles. The molecule has 0 aromatic heterocycles. The summed E-state index contributed by atoms with van der Waals surface area (Å²) in [6.07, 6.45) is 5.81. The first-order valence-corrected chi connectivity index (χ1v) is 12.0. The number of hydrogen-bond donors (Lipinski definition) is 2. The monoisotopic (exact) mass is 489 g/mol. The van der Waals surface area contributed by atoms with E-state index in [1.54, 1.807) is 7.11 Å². The smallest absolute Gasteiger partial charge is 0.308 e. The summed E-state index contributed by atoms with van der Waals surface area (Å²) in [6.45, 7) is 12.0. The molecule has 7 heteroatoms. The molecular formula is C28H43NO6. The molecule has 0 radical (unpaired) electrons. The van der Waals surface area contributed by atoms with E-state index < -0.39 is 17.7 Å². The number of aliphatic hydroxyl groups excluding tert-OH is 1. The summed E-state index contributed by atoms with van der Waals surface area (Å²) in [5.74, 6) is 0.254. The van der Waals surface area contributed by atoms with Crippen LogP contribution in [0.2, 0.25) is 0 Å². The van der Waals surface area contributed by atoms with Crippen LogP contribution in [0.25, 0.3) is 0 Å². The number of esters is 1. The molecule has 0 bridgehead atoms. The summed E-state index contributed by atoms with van der Waals surface area (Å²) in [5, 5.41) is 13.7. The van der Waals surface area contributed by atoms with E-state index in [0.29, 0.717) is 19.0 Å². The highest BCUT2D eigenvalue weighted by Gasteiger charge is 2.27. The number of benzene rings is 1. The minimum Gasteiger partial charge on any atom is -0.467 e. The lowest BCUT2D eigenvalue weighted by atomic mass is 9.96. The first kappa shape index (κ1) is 30.6. The molecule has 0 amide bonds. The highest BCUT2D eigenvalue weighted by Crippen LogP contribution is 2.26. The van der Waals surface area contributed by atoms with Gasteiger partial charge in [-0.2, -0.15) is 0 Å². The molecule has 196 valence electrons. The van der Waals surface area contributed by atoms with Crippen molar-refractivity contribution < 1.29 is 28.8 Å². The number of carbonyl (C=O) groups is 1. The standard InChI is InChI=1S/C28H43NO6/c1-8-13-23(27(21(3)9-2)34-20-33-17-16-32-7)24(18-26(31)35-28(4,5)6)29-25(19-30)22-14-11-10-12-15-22/h8-15,24-25,29-30H,16-20H2,1-7H3/b13-8+,21-9-,27-23-. The second-order valence-corrected chi connectivity index (χ2v) is 9.08. The van der Waals surface area contributed by atoms with Crippen LogP contribution in [0.4, 0.5) is 0 Å². The topological polar surface area (TPSA) is 86.3 Å². The van der Waals surface area contributed by atoms with Crippen molar-refractivity contribution in [3.63, 3.8) is 0 Å². The van der Waals surface area contributed by atoms with Crippen LogP contribution >= 0.6 is 0 Å². The van der Waals surface area contributed by atoms with Gasteiger partial charge in [0, 0.05) is 18.7 Å². The molecule has 7 nitrogen and oxygen atoms in total. The zero-order chi connectivity index (χ0) is 26.3. The SMILES string of the molecule is C\C=C(C)/C(OCOCCOC)=C(\C=C\C)C(CC(=O)OC(C)(C)C)NC(CO)c1ccccc1. The van der Waals surface area contributed by atoms with Gasteiger partial charge >= 0.3 is 5.97 Å². The van der Waals surface area contributed by atoms with Gasteiger partial charge in [0.15, 0.2) is 6.79 Å². The third-order valence-electron chi connectivity index (χ3n) is 5.07. The summed E-state index contributed by atoms with van der Waals surface area (Å²) >= 11 is 0. The van der Waals surface area contributed by atoms with Crippen LogP contribution in [0.15, 0.2) is 65.5 Å². The average Bonchev–Trinajstić information content (AvgIpc) is 2.82. The maximum absolute atomic E-state index is 12.9. The van der Waals surface area contributed by atoms with Crippen LogP contribution in [0.3, 0.4) is 0 Å². The van der Waals surface area contributed by atoms with E-state index in [2.05, 4.69) is 5.32 Å². The van der Waals surface area contributed by atoms with Gasteiger partial charge in [-0.1, -0.05) is 48.6 Å². The van der Waals surface area contributed by atoms with E-state index in [1.807, 2.05) is 90.1 Å². The second kappa shape index (κ2) is 16.3. The van der Waals surface area contributed by atoms with Gasteiger partial charge in [0.2, 0.25) is 0 Å². The summed E-state index contributed by atoms with van der Waals surface area (Å²) in [4.78, 5) is 12.9. The van der Waals surface area contributed by atoms with E-state index in [-0.39, 0.29) is 25.8 Å². The van der Waals surface area contributed by atoms with Crippen LogP contribution in [0, 0.1) is 0 Å². The zero-order valence-corrected chi connectivity index (χ0v) is 22.3. The Bertz CT molecular complexity index is 839. The zero-order valence-electron chi connectivity index (χ0n) is 22.3. The van der Waals surface area contributed by atoms with Gasteiger partial charge in [-0.05, 0) is 52.7 Å². The number of rotatable bonds is 15. The Morgan fingerprint density at radius 1 is 1.14 bits per heavy atom. The van der Waals surface area contributed by atoms with Gasteiger partial charge in [0.05, 0.1) is 32.3 Å². The Morgan fingerprint density at radius 2 is 1.83 bits per heavy atom. The van der Waals surface area contributed by atoms with Gasteiger partial charge in [-0.15, -0.1) is 0 Å². The maximum atomic E-state index is 12.9. The van der Waals surface area contributed by atoms with Crippen LogP contribution in [0.1, 0.15) is 59.6 Å². The van der Waals surface area contributed by atoms with Crippen molar-refractivity contribution >= 4 is 5.97 Å². The number of ether oxygens (including phenoxy) is 4. The van der Waals surface area contributed by atoms with Crippen LogP contribution in [-0.2, 0) is 23.7 Å². The molecule has 0 saturated heterocycles. The predicted octanol–water partition coefficient (Wildman–Crippen LogP) is 4.84. The average molecular weight is 490 g/mol. The highest BCUT2D eigenvalue weighted by atomic mass is 16.7. The highest BCUT2D eigenvalue weighted by molar-refractivity contribution is 5.71. The third kappa shape index (κ3) is 11.7. The van der Waals surface area contributed by atoms with Gasteiger partial charge in [0.25, 0.3) is 0 Å². The fraction of sp³-hybridized carbons (Fsp3) is 0.536. The molecule has 2 N–H and O–H groups in total. The van der Waals surface area contributed by atoms with Crippen molar-refractivity contribution in [1.82, 2.24) is 5.32 Å². The van der Waals surface area contributed by atoms with E-state index in [1.165, 1.54) is 0 Å². The summed E-state index contributed by atoms with van der Waals surface area (Å²) in [6, 6.07) is 8.75. The molecule has 1 aromatic carbocycles. The van der Waals surface area contributed by atoms with E-state index in [0.717, 1.165) is 16.7 Å². The second-order valence-electron chi connectivity index (χ2n) is 9.08. The lowest BCUT2D eigenvalue weighted by molar-refractivity contribution is -0.155. The van der Waals surface area contributed by atoms with Crippen molar-refractivity contribution in [1.29, 1.82) is 0 Å². The Kier molecular flexibility index (Phi) is 14.2. The van der Waals surface area contributed by atoms with Crippen molar-refractivity contribution in [3.8, 4) is 0 Å². The number of carbonyl (C=O) groups excluding carboxylic acids is 1. The molecule has 35 heavy (non-hydrogen) atoms. The molecule has 0 heterocycles. The van der Waals surface area contributed by atoms with Gasteiger partial charge in [0.1, 0.15) is 11.4 Å². The van der Waals surface area contributed by atoms with Gasteiger partial charge in [-0.25, -0.2) is 0 Å². The lowest BCUT2D eigenvalue weighted by Crippen LogP contribution is -2.39. The number of nitrogens with one attached hydrogen (secondary N) is 1. The molecule has 0 spiro atoms. The number of aliphatic hydroxyl groups is 1. The number of methoxy groups -OCH3 is 1. The fourth-order valence-corrected chi connectivity index (χ4v) is 3.38. The number of allylic oxidation sites excluding steroid dienone is 3. The molecule has 0 aliphatic carbocycles. The first-order chi connectivity index (χ1) is 16.7. The molecule has 2 atom stereocenters. The molecule has 2 unspecified atom stereocenters. The molecule has 1 aromatic rings. The van der Waals surface area contributed by atoms with E-state index in [4.69, 9.17) is 18.9 Å². The predicted molar refractivity (Wildman–Crippen MR) is 139 cm³/mol. The van der Waals surface area contributed by atoms with Crippen LogP contribution in [0.5, 0.6) is 0 Å². The van der Waals surface area contributed by atoms with Gasteiger partial charge in [-0.3, -0.25) is 4.79 Å². The van der Waals surface area contributed by atoms with Crippen LogP contribution < -0.4 is 5.32 Å². The summed E-state index contributed by atoms with van der Waals surface area (Å²) in [5.41, 5.74) is 1.95. The minimum absolute atomic E-state index is 0.0339. The number of hydrogen-bond acceptors (Lipinski definition) is 7. The first-order valence-electron chi connectivity index (χ1n) is 12.0. The van der Waals surface area contributed by atoms with E-state index >= 15 is 0 Å². The molecular weight excluding hydrogens is 446 g/mol. The van der Waals surface area contributed by atoms with Crippen LogP contribution in [-0.4, -0.2) is 56.4 Å². The van der Waals surface area contributed by atoms with Gasteiger partial charge < -0.3 is 29.4 Å². The normalized spacial score (nSPS) is 15.0. The third-order valence-corrected chi connectivity index (χ3v) is 5.07. The fourth-order valence-electron chi connectivity index (χ4n) is 3.38.